The van der Waals surface area contributed by atoms with E-state index in [1.54, 1.807) is 12.1 Å². The largest absolute Gasteiger partial charge is 0.388 e. The minimum atomic E-state index is -0.440. The third kappa shape index (κ3) is 2.82. The Kier molecular flexibility index (Phi) is 3.85. The zero-order valence-electron chi connectivity index (χ0n) is 11.3. The van der Waals surface area contributed by atoms with Gasteiger partial charge in [-0.25, -0.2) is 4.39 Å². The topological polar surface area (TPSA) is 23.5 Å². The van der Waals surface area contributed by atoms with Crippen LogP contribution in [0.2, 0.25) is 0 Å². The molecule has 2 heterocycles. The van der Waals surface area contributed by atoms with Gasteiger partial charge in [0.25, 0.3) is 0 Å². The summed E-state index contributed by atoms with van der Waals surface area (Å²) in [5.74, 6) is 0.0860. The van der Waals surface area contributed by atoms with Gasteiger partial charge >= 0.3 is 0 Å². The Hall–Kier alpha value is -0.930. The van der Waals surface area contributed by atoms with E-state index in [1.165, 1.54) is 37.9 Å². The summed E-state index contributed by atoms with van der Waals surface area (Å²) in [6.07, 6.45) is 5.60. The lowest BCUT2D eigenvalue weighted by Crippen LogP contribution is -2.46. The Morgan fingerprint density at radius 3 is 2.68 bits per heavy atom. The van der Waals surface area contributed by atoms with E-state index in [2.05, 4.69) is 4.90 Å². The first-order valence-corrected chi connectivity index (χ1v) is 7.41. The molecule has 0 spiro atoms. The van der Waals surface area contributed by atoms with Crippen molar-refractivity contribution in [3.63, 3.8) is 0 Å². The van der Waals surface area contributed by atoms with E-state index in [0.29, 0.717) is 12.0 Å². The second kappa shape index (κ2) is 5.59. The van der Waals surface area contributed by atoms with Crippen LogP contribution in [0.15, 0.2) is 24.3 Å². The molecule has 0 aromatic heterocycles. The summed E-state index contributed by atoms with van der Waals surface area (Å²) in [7, 11) is 0. The highest BCUT2D eigenvalue weighted by molar-refractivity contribution is 5.19. The molecular formula is C16H22FNO. The van der Waals surface area contributed by atoms with Gasteiger partial charge in [-0.1, -0.05) is 18.6 Å². The maximum absolute atomic E-state index is 12.9. The third-order valence-corrected chi connectivity index (χ3v) is 4.77. The average molecular weight is 263 g/mol. The van der Waals surface area contributed by atoms with Crippen molar-refractivity contribution in [2.24, 2.45) is 5.92 Å². The Morgan fingerprint density at radius 2 is 1.89 bits per heavy atom. The molecule has 0 bridgehead atoms. The molecule has 0 aliphatic carbocycles. The molecule has 0 radical (unpaired) electrons. The fourth-order valence-electron chi connectivity index (χ4n) is 3.64. The minimum Gasteiger partial charge on any atom is -0.388 e. The van der Waals surface area contributed by atoms with Gasteiger partial charge in [-0.15, -0.1) is 0 Å². The van der Waals surface area contributed by atoms with Crippen molar-refractivity contribution in [3.8, 4) is 0 Å². The van der Waals surface area contributed by atoms with E-state index in [9.17, 15) is 9.50 Å². The van der Waals surface area contributed by atoms with Crippen LogP contribution in [0.1, 0.15) is 43.8 Å². The van der Waals surface area contributed by atoms with E-state index in [4.69, 9.17) is 0 Å². The molecule has 1 aromatic carbocycles. The van der Waals surface area contributed by atoms with Gasteiger partial charge in [-0.2, -0.15) is 0 Å². The van der Waals surface area contributed by atoms with Crippen molar-refractivity contribution in [2.45, 2.75) is 44.2 Å². The van der Waals surface area contributed by atoms with Gasteiger partial charge in [0, 0.05) is 6.04 Å². The summed E-state index contributed by atoms with van der Waals surface area (Å²) in [5, 5.41) is 10.5. The van der Waals surface area contributed by atoms with Crippen LogP contribution in [0.25, 0.3) is 0 Å². The molecule has 2 aliphatic heterocycles. The molecule has 0 saturated carbocycles. The number of nitrogens with zero attached hydrogens (tertiary/aromatic N) is 1. The zero-order chi connectivity index (χ0) is 13.2. The lowest BCUT2D eigenvalue weighted by atomic mass is 9.81. The Balaban J connectivity index is 1.67. The number of benzene rings is 1. The van der Waals surface area contributed by atoms with Crippen molar-refractivity contribution >= 4 is 0 Å². The summed E-state index contributed by atoms with van der Waals surface area (Å²) >= 11 is 0. The molecule has 0 amide bonds. The average Bonchev–Trinajstić information content (AvgIpc) is 2.47. The molecule has 3 rings (SSSR count). The maximum atomic E-state index is 12.9. The lowest BCUT2D eigenvalue weighted by molar-refractivity contribution is 0.0154. The van der Waals surface area contributed by atoms with Crippen molar-refractivity contribution in [3.05, 3.63) is 35.6 Å². The van der Waals surface area contributed by atoms with E-state index in [1.807, 2.05) is 0 Å². The fraction of sp³-hybridized carbons (Fsp3) is 0.625. The molecule has 0 unspecified atom stereocenters. The Labute approximate surface area is 114 Å². The number of fused-ring (bicyclic) bond motifs is 1. The van der Waals surface area contributed by atoms with Crippen molar-refractivity contribution in [2.75, 3.05) is 13.1 Å². The first kappa shape index (κ1) is 13.1. The predicted molar refractivity (Wildman–Crippen MR) is 73.3 cm³/mol. The normalized spacial score (nSPS) is 29.8. The van der Waals surface area contributed by atoms with E-state index >= 15 is 0 Å². The lowest BCUT2D eigenvalue weighted by Gasteiger charge is -2.43. The van der Waals surface area contributed by atoms with Crippen LogP contribution in [-0.2, 0) is 0 Å². The third-order valence-electron chi connectivity index (χ3n) is 4.77. The van der Waals surface area contributed by atoms with Crippen LogP contribution in [0, 0.1) is 11.7 Å². The van der Waals surface area contributed by atoms with E-state index in [0.717, 1.165) is 24.9 Å². The van der Waals surface area contributed by atoms with Gasteiger partial charge < -0.3 is 10.0 Å². The molecular weight excluding hydrogens is 241 g/mol. The number of halogens is 1. The Morgan fingerprint density at radius 1 is 1.11 bits per heavy atom. The maximum Gasteiger partial charge on any atom is 0.123 e. The quantitative estimate of drug-likeness (QED) is 0.886. The molecule has 104 valence electrons. The van der Waals surface area contributed by atoms with Crippen LogP contribution in [0.4, 0.5) is 4.39 Å². The van der Waals surface area contributed by atoms with Crippen molar-refractivity contribution in [1.82, 2.24) is 4.90 Å². The first-order valence-electron chi connectivity index (χ1n) is 7.41. The van der Waals surface area contributed by atoms with Crippen LogP contribution < -0.4 is 0 Å². The monoisotopic (exact) mass is 263 g/mol. The minimum absolute atomic E-state index is 0.238. The molecule has 3 atom stereocenters. The second-order valence-corrected chi connectivity index (χ2v) is 5.97. The fourth-order valence-corrected chi connectivity index (χ4v) is 3.64. The zero-order valence-corrected chi connectivity index (χ0v) is 11.3. The van der Waals surface area contributed by atoms with Gasteiger partial charge in [-0.3, -0.25) is 0 Å². The summed E-state index contributed by atoms with van der Waals surface area (Å²) in [6, 6.07) is 6.96. The van der Waals surface area contributed by atoms with Gasteiger partial charge in [0.15, 0.2) is 0 Å². The summed E-state index contributed by atoms with van der Waals surface area (Å²) in [4.78, 5) is 2.58. The van der Waals surface area contributed by atoms with Crippen molar-refractivity contribution in [1.29, 1.82) is 0 Å². The SMILES string of the molecule is O[C@@H](c1ccc(F)cc1)[C@H]1CCN2CCCC[C@@H]2C1. The molecule has 2 aliphatic rings. The van der Waals surface area contributed by atoms with Crippen LogP contribution >= 0.6 is 0 Å². The molecule has 19 heavy (non-hydrogen) atoms. The van der Waals surface area contributed by atoms with Crippen LogP contribution in [0.3, 0.4) is 0 Å². The summed E-state index contributed by atoms with van der Waals surface area (Å²) in [6.45, 7) is 2.33. The van der Waals surface area contributed by atoms with Gasteiger partial charge in [0.1, 0.15) is 5.82 Å². The highest BCUT2D eigenvalue weighted by atomic mass is 19.1. The predicted octanol–water partition coefficient (Wildman–Crippen LogP) is 3.12. The molecule has 2 nitrogen and oxygen atoms in total. The molecule has 2 saturated heterocycles. The summed E-state index contributed by atoms with van der Waals surface area (Å²) < 4.78 is 12.9. The van der Waals surface area contributed by atoms with E-state index in [-0.39, 0.29) is 5.82 Å². The standard InChI is InChI=1S/C16H22FNO/c17-14-6-4-12(5-7-14)16(19)13-8-10-18-9-2-1-3-15(18)11-13/h4-7,13,15-16,19H,1-3,8-11H2/t13-,15+,16-/m0/s1. The number of aliphatic hydroxyl groups is 1. The number of hydrogen-bond acceptors (Lipinski definition) is 2. The number of hydrogen-bond donors (Lipinski definition) is 1. The van der Waals surface area contributed by atoms with Crippen LogP contribution in [0.5, 0.6) is 0 Å². The second-order valence-electron chi connectivity index (χ2n) is 5.97. The van der Waals surface area contributed by atoms with Crippen molar-refractivity contribution < 1.29 is 9.50 Å². The highest BCUT2D eigenvalue weighted by Crippen LogP contribution is 2.36. The van der Waals surface area contributed by atoms with Crippen LogP contribution in [-0.4, -0.2) is 29.1 Å². The molecule has 1 aromatic rings. The van der Waals surface area contributed by atoms with Gasteiger partial charge in [0.2, 0.25) is 0 Å². The number of piperidine rings is 2. The number of rotatable bonds is 2. The summed E-state index contributed by atoms with van der Waals surface area (Å²) in [5.41, 5.74) is 0.857. The van der Waals surface area contributed by atoms with Gasteiger partial charge in [-0.05, 0) is 62.4 Å². The molecule has 1 N–H and O–H groups in total. The first-order chi connectivity index (χ1) is 9.24. The Bertz CT molecular complexity index is 419. The molecule has 2 fully saturated rings. The van der Waals surface area contributed by atoms with Gasteiger partial charge in [0.05, 0.1) is 6.10 Å². The highest BCUT2D eigenvalue weighted by Gasteiger charge is 2.33. The number of aliphatic hydroxyl groups excluding tert-OH is 1. The van der Waals surface area contributed by atoms with E-state index < -0.39 is 6.10 Å². The smallest absolute Gasteiger partial charge is 0.123 e. The molecule has 3 heteroatoms.